The Bertz CT molecular complexity index is 332. The molecule has 0 bridgehead atoms. The Morgan fingerprint density at radius 2 is 1.88 bits per heavy atom. The van der Waals surface area contributed by atoms with E-state index in [9.17, 15) is 0 Å². The van der Waals surface area contributed by atoms with Gasteiger partial charge < -0.3 is 5.73 Å². The van der Waals surface area contributed by atoms with Crippen LogP contribution in [0.4, 0.5) is 0 Å². The first-order valence-electron chi connectivity index (χ1n) is 6.07. The molecule has 96 valence electrons. The third-order valence-electron chi connectivity index (χ3n) is 3.28. The van der Waals surface area contributed by atoms with Gasteiger partial charge in [-0.2, -0.15) is 11.8 Å². The summed E-state index contributed by atoms with van der Waals surface area (Å²) in [4.78, 5) is 2.37. The molecule has 0 aromatic heterocycles. The summed E-state index contributed by atoms with van der Waals surface area (Å²) >= 11 is 1.88. The lowest BCUT2D eigenvalue weighted by atomic mass is 9.95. The van der Waals surface area contributed by atoms with Crippen molar-refractivity contribution >= 4 is 11.8 Å². The molecule has 1 rings (SSSR count). The van der Waals surface area contributed by atoms with E-state index in [1.165, 1.54) is 16.7 Å². The van der Waals surface area contributed by atoms with Gasteiger partial charge >= 0.3 is 0 Å². The molecule has 2 N–H and O–H groups in total. The van der Waals surface area contributed by atoms with Gasteiger partial charge in [-0.3, -0.25) is 4.90 Å². The third kappa shape index (κ3) is 3.73. The zero-order valence-electron chi connectivity index (χ0n) is 11.4. The van der Waals surface area contributed by atoms with Crippen LogP contribution >= 0.6 is 11.8 Å². The monoisotopic (exact) mass is 252 g/mol. The highest BCUT2D eigenvalue weighted by atomic mass is 32.2. The first-order chi connectivity index (χ1) is 8.11. The lowest BCUT2D eigenvalue weighted by molar-refractivity contribution is 0.264. The SMILES string of the molecule is CSCCN(C)C(CN)c1c(C)cccc1C. The zero-order valence-corrected chi connectivity index (χ0v) is 12.2. The van der Waals surface area contributed by atoms with Gasteiger partial charge in [-0.15, -0.1) is 0 Å². The number of thioether (sulfide) groups is 1. The van der Waals surface area contributed by atoms with Gasteiger partial charge in [0, 0.05) is 24.9 Å². The zero-order chi connectivity index (χ0) is 12.8. The minimum Gasteiger partial charge on any atom is -0.329 e. The highest BCUT2D eigenvalue weighted by Gasteiger charge is 2.18. The molecule has 0 spiro atoms. The minimum absolute atomic E-state index is 0.336. The van der Waals surface area contributed by atoms with Gasteiger partial charge in [-0.05, 0) is 43.8 Å². The van der Waals surface area contributed by atoms with Crippen molar-refractivity contribution in [2.24, 2.45) is 5.73 Å². The van der Waals surface area contributed by atoms with E-state index < -0.39 is 0 Å². The van der Waals surface area contributed by atoms with Crippen molar-refractivity contribution in [2.45, 2.75) is 19.9 Å². The van der Waals surface area contributed by atoms with Gasteiger partial charge in [-0.1, -0.05) is 18.2 Å². The van der Waals surface area contributed by atoms with E-state index in [1.807, 2.05) is 11.8 Å². The number of nitrogens with zero attached hydrogens (tertiary/aromatic N) is 1. The molecule has 2 nitrogen and oxygen atoms in total. The lowest BCUT2D eigenvalue weighted by Crippen LogP contribution is -2.33. The summed E-state index contributed by atoms with van der Waals surface area (Å²) in [6.45, 7) is 6.11. The molecule has 0 aliphatic heterocycles. The highest BCUT2D eigenvalue weighted by molar-refractivity contribution is 7.98. The van der Waals surface area contributed by atoms with E-state index in [4.69, 9.17) is 5.73 Å². The van der Waals surface area contributed by atoms with E-state index in [-0.39, 0.29) is 0 Å². The van der Waals surface area contributed by atoms with Crippen molar-refractivity contribution in [3.8, 4) is 0 Å². The van der Waals surface area contributed by atoms with E-state index in [2.05, 4.69) is 50.2 Å². The minimum atomic E-state index is 0.336. The van der Waals surface area contributed by atoms with Crippen LogP contribution < -0.4 is 5.73 Å². The molecule has 0 amide bonds. The van der Waals surface area contributed by atoms with Gasteiger partial charge in [0.1, 0.15) is 0 Å². The van der Waals surface area contributed by atoms with Crippen molar-refractivity contribution in [2.75, 3.05) is 32.1 Å². The molecule has 0 saturated carbocycles. The summed E-state index contributed by atoms with van der Waals surface area (Å²) in [6.07, 6.45) is 2.14. The lowest BCUT2D eigenvalue weighted by Gasteiger charge is -2.29. The quantitative estimate of drug-likeness (QED) is 0.844. The number of rotatable bonds is 6. The van der Waals surface area contributed by atoms with Crippen molar-refractivity contribution in [1.82, 2.24) is 4.90 Å². The van der Waals surface area contributed by atoms with E-state index in [0.29, 0.717) is 12.6 Å². The number of hydrogen-bond donors (Lipinski definition) is 1. The summed E-state index contributed by atoms with van der Waals surface area (Å²) in [7, 11) is 2.17. The van der Waals surface area contributed by atoms with Crippen LogP contribution in [0, 0.1) is 13.8 Å². The Labute approximate surface area is 110 Å². The molecule has 1 aromatic carbocycles. The fraction of sp³-hybridized carbons (Fsp3) is 0.571. The summed E-state index contributed by atoms with van der Waals surface area (Å²) < 4.78 is 0. The van der Waals surface area contributed by atoms with Crippen LogP contribution in [-0.2, 0) is 0 Å². The summed E-state index contributed by atoms with van der Waals surface area (Å²) in [5.74, 6) is 1.15. The van der Waals surface area contributed by atoms with Crippen molar-refractivity contribution in [1.29, 1.82) is 0 Å². The molecular weight excluding hydrogens is 228 g/mol. The van der Waals surface area contributed by atoms with Gasteiger partial charge in [0.05, 0.1) is 0 Å². The van der Waals surface area contributed by atoms with Crippen molar-refractivity contribution in [3.63, 3.8) is 0 Å². The average Bonchev–Trinajstić information content (AvgIpc) is 2.31. The number of likely N-dealkylation sites (N-methyl/N-ethyl adjacent to an activating group) is 1. The maximum atomic E-state index is 5.97. The summed E-state index contributed by atoms with van der Waals surface area (Å²) in [6, 6.07) is 6.80. The van der Waals surface area contributed by atoms with Gasteiger partial charge in [0.2, 0.25) is 0 Å². The first-order valence-corrected chi connectivity index (χ1v) is 7.46. The van der Waals surface area contributed by atoms with Crippen LogP contribution in [0.2, 0.25) is 0 Å². The Balaban J connectivity index is 2.93. The number of aryl methyl sites for hydroxylation is 2. The largest absolute Gasteiger partial charge is 0.329 e. The predicted octanol–water partition coefficient (Wildman–Crippen LogP) is 2.60. The van der Waals surface area contributed by atoms with E-state index in [1.54, 1.807) is 0 Å². The maximum Gasteiger partial charge on any atom is 0.0472 e. The van der Waals surface area contributed by atoms with Gasteiger partial charge in [-0.25, -0.2) is 0 Å². The predicted molar refractivity (Wildman–Crippen MR) is 78.7 cm³/mol. The molecule has 3 heteroatoms. The Hall–Kier alpha value is -0.510. The second-order valence-corrected chi connectivity index (χ2v) is 5.52. The molecule has 1 atom stereocenters. The standard InChI is InChI=1S/C14H24N2S/c1-11-6-5-7-12(2)14(11)13(10-15)16(3)8-9-17-4/h5-7,13H,8-10,15H2,1-4H3. The van der Waals surface area contributed by atoms with Crippen LogP contribution in [0.25, 0.3) is 0 Å². The molecule has 1 unspecified atom stereocenters. The fourth-order valence-corrected chi connectivity index (χ4v) is 2.73. The second kappa shape index (κ2) is 7.04. The molecule has 1 aromatic rings. The van der Waals surface area contributed by atoms with Crippen LogP contribution in [0.5, 0.6) is 0 Å². The fourth-order valence-electron chi connectivity index (χ4n) is 2.26. The first kappa shape index (κ1) is 14.6. The summed E-state index contributed by atoms with van der Waals surface area (Å²) in [5.41, 5.74) is 10.1. The molecular formula is C14H24N2S. The molecule has 17 heavy (non-hydrogen) atoms. The number of benzene rings is 1. The van der Waals surface area contributed by atoms with Gasteiger partial charge in [0.15, 0.2) is 0 Å². The molecule has 0 radical (unpaired) electrons. The molecule has 0 saturated heterocycles. The van der Waals surface area contributed by atoms with Gasteiger partial charge in [0.25, 0.3) is 0 Å². The average molecular weight is 252 g/mol. The molecule has 0 aliphatic rings. The second-order valence-electron chi connectivity index (χ2n) is 4.53. The van der Waals surface area contributed by atoms with E-state index in [0.717, 1.165) is 12.3 Å². The molecule has 0 aliphatic carbocycles. The number of hydrogen-bond acceptors (Lipinski definition) is 3. The smallest absolute Gasteiger partial charge is 0.0472 e. The van der Waals surface area contributed by atoms with Crippen LogP contribution in [-0.4, -0.2) is 37.0 Å². The van der Waals surface area contributed by atoms with Crippen molar-refractivity contribution < 1.29 is 0 Å². The Morgan fingerprint density at radius 1 is 1.29 bits per heavy atom. The van der Waals surface area contributed by atoms with E-state index >= 15 is 0 Å². The van der Waals surface area contributed by atoms with Crippen LogP contribution in [0.15, 0.2) is 18.2 Å². The Morgan fingerprint density at radius 3 is 2.35 bits per heavy atom. The molecule has 0 fully saturated rings. The molecule has 0 heterocycles. The summed E-state index contributed by atoms with van der Waals surface area (Å²) in [5, 5.41) is 0. The maximum absolute atomic E-state index is 5.97. The number of nitrogens with two attached hydrogens (primary N) is 1. The highest BCUT2D eigenvalue weighted by Crippen LogP contribution is 2.25. The normalized spacial score (nSPS) is 13.1. The van der Waals surface area contributed by atoms with Crippen LogP contribution in [0.1, 0.15) is 22.7 Å². The van der Waals surface area contributed by atoms with Crippen molar-refractivity contribution in [3.05, 3.63) is 34.9 Å². The third-order valence-corrected chi connectivity index (χ3v) is 3.87. The van der Waals surface area contributed by atoms with Crippen LogP contribution in [0.3, 0.4) is 0 Å². The Kier molecular flexibility index (Phi) is 6.03. The topological polar surface area (TPSA) is 29.3 Å².